The second-order valence-electron chi connectivity index (χ2n) is 6.29. The van der Waals surface area contributed by atoms with Crippen LogP contribution in [0.2, 0.25) is 0 Å². The molecule has 0 aromatic heterocycles. The summed E-state index contributed by atoms with van der Waals surface area (Å²) in [5.74, 6) is 1.79. The second-order valence-corrected chi connectivity index (χ2v) is 6.29. The molecule has 2 N–H and O–H groups in total. The molecule has 0 radical (unpaired) electrons. The number of nitrogens with two attached hydrogens (primary N) is 1. The molecule has 4 atom stereocenters. The monoisotopic (exact) mass is 240 g/mol. The van der Waals surface area contributed by atoms with E-state index >= 15 is 0 Å². The van der Waals surface area contributed by atoms with Gasteiger partial charge in [0.05, 0.1) is 6.04 Å². The summed E-state index contributed by atoms with van der Waals surface area (Å²) in [5.41, 5.74) is 6.01. The quantitative estimate of drug-likeness (QED) is 0.822. The molecule has 3 heteroatoms. The van der Waals surface area contributed by atoms with E-state index in [0.717, 1.165) is 13.0 Å². The van der Waals surface area contributed by atoms with E-state index in [1.165, 1.54) is 6.42 Å². The number of carbonyl (C=O) groups is 1. The van der Waals surface area contributed by atoms with E-state index in [9.17, 15) is 4.79 Å². The highest BCUT2D eigenvalue weighted by Gasteiger charge is 2.33. The van der Waals surface area contributed by atoms with Crippen LogP contribution in [0, 0.1) is 17.8 Å². The minimum atomic E-state index is -0.324. The first kappa shape index (κ1) is 14.5. The molecule has 0 spiro atoms. The SMILES string of the molecule is CC(C)C[C@@H](N)C(=O)N1CC(C)CC(C)C1C. The molecule has 0 aromatic rings. The first-order chi connectivity index (χ1) is 7.82. The van der Waals surface area contributed by atoms with Gasteiger partial charge in [-0.3, -0.25) is 4.79 Å². The minimum Gasteiger partial charge on any atom is -0.338 e. The molecule has 0 bridgehead atoms. The second kappa shape index (κ2) is 5.85. The molecule has 100 valence electrons. The zero-order valence-corrected chi connectivity index (χ0v) is 11.9. The molecule has 3 unspecified atom stereocenters. The van der Waals surface area contributed by atoms with Crippen molar-refractivity contribution in [1.82, 2.24) is 4.90 Å². The van der Waals surface area contributed by atoms with Crippen LogP contribution in [0.3, 0.4) is 0 Å². The lowest BCUT2D eigenvalue weighted by Gasteiger charge is -2.42. The Kier molecular flexibility index (Phi) is 4.99. The van der Waals surface area contributed by atoms with Crippen LogP contribution in [0.4, 0.5) is 0 Å². The van der Waals surface area contributed by atoms with Gasteiger partial charge in [0, 0.05) is 12.6 Å². The Morgan fingerprint density at radius 2 is 1.94 bits per heavy atom. The molecule has 1 heterocycles. The number of nitrogens with zero attached hydrogens (tertiary/aromatic N) is 1. The van der Waals surface area contributed by atoms with Crippen LogP contribution in [0.15, 0.2) is 0 Å². The van der Waals surface area contributed by atoms with Crippen molar-refractivity contribution in [3.05, 3.63) is 0 Å². The van der Waals surface area contributed by atoms with E-state index in [1.807, 2.05) is 4.90 Å². The van der Waals surface area contributed by atoms with Crippen molar-refractivity contribution in [2.45, 2.75) is 59.5 Å². The van der Waals surface area contributed by atoms with Crippen LogP contribution >= 0.6 is 0 Å². The van der Waals surface area contributed by atoms with Crippen molar-refractivity contribution in [3.8, 4) is 0 Å². The number of hydrogen-bond donors (Lipinski definition) is 1. The Morgan fingerprint density at radius 3 is 2.47 bits per heavy atom. The van der Waals surface area contributed by atoms with Gasteiger partial charge in [-0.1, -0.05) is 27.7 Å². The van der Waals surface area contributed by atoms with Crippen LogP contribution in [0.5, 0.6) is 0 Å². The van der Waals surface area contributed by atoms with E-state index in [4.69, 9.17) is 5.73 Å². The van der Waals surface area contributed by atoms with E-state index in [1.54, 1.807) is 0 Å². The predicted octanol–water partition coefficient (Wildman–Crippen LogP) is 2.25. The largest absolute Gasteiger partial charge is 0.338 e. The third kappa shape index (κ3) is 3.70. The average Bonchev–Trinajstić information content (AvgIpc) is 2.21. The maximum atomic E-state index is 12.3. The van der Waals surface area contributed by atoms with E-state index in [0.29, 0.717) is 23.8 Å². The van der Waals surface area contributed by atoms with Gasteiger partial charge in [-0.2, -0.15) is 0 Å². The molecule has 1 saturated heterocycles. The summed E-state index contributed by atoms with van der Waals surface area (Å²) in [7, 11) is 0. The summed E-state index contributed by atoms with van der Waals surface area (Å²) in [6, 6.07) is 0.00635. The van der Waals surface area contributed by atoms with Crippen molar-refractivity contribution in [1.29, 1.82) is 0 Å². The van der Waals surface area contributed by atoms with E-state index in [2.05, 4.69) is 34.6 Å². The molecule has 0 aromatic carbocycles. The number of carbonyl (C=O) groups excluding carboxylic acids is 1. The summed E-state index contributed by atoms with van der Waals surface area (Å²) in [4.78, 5) is 14.3. The standard InChI is InChI=1S/C14H28N2O/c1-9(2)6-13(15)14(17)16-8-10(3)7-11(4)12(16)5/h9-13H,6-8,15H2,1-5H3/t10?,11?,12?,13-/m1/s1. The smallest absolute Gasteiger partial charge is 0.239 e. The fourth-order valence-electron chi connectivity index (χ4n) is 2.83. The Labute approximate surface area is 106 Å². The van der Waals surface area contributed by atoms with Gasteiger partial charge < -0.3 is 10.6 Å². The zero-order chi connectivity index (χ0) is 13.2. The van der Waals surface area contributed by atoms with Gasteiger partial charge >= 0.3 is 0 Å². The van der Waals surface area contributed by atoms with E-state index < -0.39 is 0 Å². The molecule has 0 saturated carbocycles. The first-order valence-corrected chi connectivity index (χ1v) is 6.89. The lowest BCUT2D eigenvalue weighted by molar-refractivity contribution is -0.138. The predicted molar refractivity (Wildman–Crippen MR) is 71.6 cm³/mol. The summed E-state index contributed by atoms with van der Waals surface area (Å²) >= 11 is 0. The molecule has 0 aliphatic carbocycles. The van der Waals surface area contributed by atoms with Gasteiger partial charge in [0.25, 0.3) is 0 Å². The molecule has 1 aliphatic rings. The normalized spacial score (nSPS) is 31.7. The highest BCUT2D eigenvalue weighted by atomic mass is 16.2. The van der Waals surface area contributed by atoms with Crippen molar-refractivity contribution >= 4 is 5.91 Å². The summed E-state index contributed by atoms with van der Waals surface area (Å²) in [5, 5.41) is 0. The molecule has 3 nitrogen and oxygen atoms in total. The number of hydrogen-bond acceptors (Lipinski definition) is 2. The fraction of sp³-hybridized carbons (Fsp3) is 0.929. The first-order valence-electron chi connectivity index (χ1n) is 6.89. The number of rotatable bonds is 3. The lowest BCUT2D eigenvalue weighted by Crippen LogP contribution is -2.54. The number of piperidine rings is 1. The highest BCUT2D eigenvalue weighted by molar-refractivity contribution is 5.82. The Hall–Kier alpha value is -0.570. The summed E-state index contributed by atoms with van der Waals surface area (Å²) in [6.07, 6.45) is 2.00. The molecular formula is C14H28N2O. The van der Waals surface area contributed by atoms with Gasteiger partial charge in [0.15, 0.2) is 0 Å². The van der Waals surface area contributed by atoms with Crippen LogP contribution in [0.25, 0.3) is 0 Å². The average molecular weight is 240 g/mol. The summed E-state index contributed by atoms with van der Waals surface area (Å²) < 4.78 is 0. The Bertz CT molecular complexity index is 265. The number of amides is 1. The van der Waals surface area contributed by atoms with Gasteiger partial charge in [-0.15, -0.1) is 0 Å². The Morgan fingerprint density at radius 1 is 1.35 bits per heavy atom. The van der Waals surface area contributed by atoms with Crippen LogP contribution in [-0.4, -0.2) is 29.4 Å². The van der Waals surface area contributed by atoms with Gasteiger partial charge in [0.1, 0.15) is 0 Å². The topological polar surface area (TPSA) is 46.3 Å². The number of likely N-dealkylation sites (tertiary alicyclic amines) is 1. The third-order valence-corrected chi connectivity index (χ3v) is 3.92. The van der Waals surface area contributed by atoms with Gasteiger partial charge in [0.2, 0.25) is 5.91 Å². The van der Waals surface area contributed by atoms with Gasteiger partial charge in [-0.05, 0) is 37.5 Å². The zero-order valence-electron chi connectivity index (χ0n) is 11.9. The molecule has 17 heavy (non-hydrogen) atoms. The van der Waals surface area contributed by atoms with Crippen LogP contribution in [-0.2, 0) is 4.79 Å². The van der Waals surface area contributed by atoms with Crippen molar-refractivity contribution < 1.29 is 4.79 Å². The molecular weight excluding hydrogens is 212 g/mol. The van der Waals surface area contributed by atoms with E-state index in [-0.39, 0.29) is 11.9 Å². The highest BCUT2D eigenvalue weighted by Crippen LogP contribution is 2.27. The molecule has 1 amide bonds. The maximum absolute atomic E-state index is 12.3. The molecule has 1 fully saturated rings. The summed E-state index contributed by atoms with van der Waals surface area (Å²) in [6.45, 7) is 11.7. The third-order valence-electron chi connectivity index (χ3n) is 3.92. The lowest BCUT2D eigenvalue weighted by atomic mass is 9.85. The minimum absolute atomic E-state index is 0.143. The Balaban J connectivity index is 2.66. The fourth-order valence-corrected chi connectivity index (χ4v) is 2.83. The molecule has 1 aliphatic heterocycles. The van der Waals surface area contributed by atoms with Crippen molar-refractivity contribution in [2.24, 2.45) is 23.5 Å². The molecule has 1 rings (SSSR count). The van der Waals surface area contributed by atoms with Crippen molar-refractivity contribution in [3.63, 3.8) is 0 Å². The maximum Gasteiger partial charge on any atom is 0.239 e. The van der Waals surface area contributed by atoms with Crippen LogP contribution < -0.4 is 5.73 Å². The van der Waals surface area contributed by atoms with Crippen LogP contribution in [0.1, 0.15) is 47.5 Å². The van der Waals surface area contributed by atoms with Crippen molar-refractivity contribution in [2.75, 3.05) is 6.54 Å². The van der Waals surface area contributed by atoms with Gasteiger partial charge in [-0.25, -0.2) is 0 Å².